The van der Waals surface area contributed by atoms with Gasteiger partial charge in [0.1, 0.15) is 16.5 Å². The highest BCUT2D eigenvalue weighted by Crippen LogP contribution is 2.33. The zero-order chi connectivity index (χ0) is 13.1. The predicted octanol–water partition coefficient (Wildman–Crippen LogP) is 3.99. The third-order valence-corrected chi connectivity index (χ3v) is 4.54. The van der Waals surface area contributed by atoms with E-state index in [1.165, 1.54) is 15.8 Å². The molecule has 0 aliphatic heterocycles. The van der Waals surface area contributed by atoms with Crippen LogP contribution in [0.4, 0.5) is 5.82 Å². The predicted molar refractivity (Wildman–Crippen MR) is 82.9 cm³/mol. The number of nitrogens with one attached hydrogen (secondary N) is 1. The van der Waals surface area contributed by atoms with Gasteiger partial charge in [-0.25, -0.2) is 9.97 Å². The third kappa shape index (κ3) is 2.62. The number of nitrogens with zero attached hydrogens (tertiary/aromatic N) is 2. The zero-order valence-electron chi connectivity index (χ0n) is 11.3. The van der Waals surface area contributed by atoms with Crippen LogP contribution in [0.5, 0.6) is 0 Å². The second-order valence-electron chi connectivity index (χ2n) is 4.31. The van der Waals surface area contributed by atoms with E-state index in [1.807, 2.05) is 0 Å². The van der Waals surface area contributed by atoms with Crippen LogP contribution in [0.3, 0.4) is 0 Å². The minimum atomic E-state index is 0.868. The van der Waals surface area contributed by atoms with Crippen LogP contribution in [0.25, 0.3) is 10.2 Å². The summed E-state index contributed by atoms with van der Waals surface area (Å²) in [6.07, 6.45) is 3.18. The molecule has 0 aliphatic rings. The van der Waals surface area contributed by atoms with Gasteiger partial charge in [0.15, 0.2) is 0 Å². The van der Waals surface area contributed by atoms with Gasteiger partial charge in [0.2, 0.25) is 0 Å². The summed E-state index contributed by atoms with van der Waals surface area (Å²) < 4.78 is 0. The standard InChI is InChI=1S/C13H19N3S2/c1-5-6-14-12-11-8(2)9(3)18-13(11)16-10(15-12)7-17-4/h5-7H2,1-4H3,(H,14,15,16). The van der Waals surface area contributed by atoms with Crippen molar-refractivity contribution in [2.24, 2.45) is 0 Å². The maximum Gasteiger partial charge on any atom is 0.142 e. The molecule has 2 rings (SSSR count). The fraction of sp³-hybridized carbons (Fsp3) is 0.538. The second-order valence-corrected chi connectivity index (χ2v) is 6.38. The van der Waals surface area contributed by atoms with Gasteiger partial charge in [-0.05, 0) is 32.1 Å². The van der Waals surface area contributed by atoms with Crippen LogP contribution >= 0.6 is 23.1 Å². The maximum atomic E-state index is 4.67. The van der Waals surface area contributed by atoms with Crippen molar-refractivity contribution in [1.82, 2.24) is 9.97 Å². The Labute approximate surface area is 116 Å². The van der Waals surface area contributed by atoms with Crippen molar-refractivity contribution in [2.75, 3.05) is 18.1 Å². The molecule has 2 aromatic rings. The number of thiophene rings is 1. The summed E-state index contributed by atoms with van der Waals surface area (Å²) in [5.41, 5.74) is 1.31. The van der Waals surface area contributed by atoms with Crippen molar-refractivity contribution >= 4 is 39.1 Å². The van der Waals surface area contributed by atoms with Crippen LogP contribution in [0, 0.1) is 13.8 Å². The van der Waals surface area contributed by atoms with Gasteiger partial charge in [-0.3, -0.25) is 0 Å². The van der Waals surface area contributed by atoms with Crippen LogP contribution in [0.1, 0.15) is 29.6 Å². The number of fused-ring (bicyclic) bond motifs is 1. The van der Waals surface area contributed by atoms with Crippen LogP contribution < -0.4 is 5.32 Å². The SMILES string of the molecule is CCCNc1nc(CSC)nc2sc(C)c(C)c12. The van der Waals surface area contributed by atoms with Crippen LogP contribution in [-0.2, 0) is 5.75 Å². The molecule has 0 spiro atoms. The Balaban J connectivity index is 2.54. The molecule has 0 saturated heterocycles. The lowest BCUT2D eigenvalue weighted by molar-refractivity contribution is 0.961. The summed E-state index contributed by atoms with van der Waals surface area (Å²) >= 11 is 3.52. The molecule has 3 nitrogen and oxygen atoms in total. The lowest BCUT2D eigenvalue weighted by atomic mass is 10.2. The first kappa shape index (κ1) is 13.6. The fourth-order valence-corrected chi connectivity index (χ4v) is 3.29. The van der Waals surface area contributed by atoms with Crippen molar-refractivity contribution in [3.8, 4) is 0 Å². The molecule has 98 valence electrons. The van der Waals surface area contributed by atoms with E-state index in [4.69, 9.17) is 0 Å². The van der Waals surface area contributed by atoms with Gasteiger partial charge >= 0.3 is 0 Å². The average molecular weight is 281 g/mol. The summed E-state index contributed by atoms with van der Waals surface area (Å²) in [5, 5.41) is 4.64. The molecule has 0 fully saturated rings. The molecule has 2 aromatic heterocycles. The Hall–Kier alpha value is -0.810. The molecule has 2 heterocycles. The first-order chi connectivity index (χ1) is 8.67. The Morgan fingerprint density at radius 1 is 1.28 bits per heavy atom. The number of anilines is 1. The minimum Gasteiger partial charge on any atom is -0.369 e. The van der Waals surface area contributed by atoms with Gasteiger partial charge in [-0.2, -0.15) is 11.8 Å². The van der Waals surface area contributed by atoms with Gasteiger partial charge in [-0.1, -0.05) is 6.92 Å². The monoisotopic (exact) mass is 281 g/mol. The Morgan fingerprint density at radius 3 is 2.72 bits per heavy atom. The Kier molecular flexibility index (Phi) is 4.45. The zero-order valence-corrected chi connectivity index (χ0v) is 13.0. The van der Waals surface area contributed by atoms with Crippen molar-refractivity contribution in [2.45, 2.75) is 32.9 Å². The molecule has 0 amide bonds. The number of aryl methyl sites for hydroxylation is 2. The summed E-state index contributed by atoms with van der Waals surface area (Å²) in [6.45, 7) is 7.43. The molecule has 5 heteroatoms. The van der Waals surface area contributed by atoms with E-state index in [1.54, 1.807) is 23.1 Å². The van der Waals surface area contributed by atoms with E-state index in [-0.39, 0.29) is 0 Å². The average Bonchev–Trinajstić information content (AvgIpc) is 2.63. The van der Waals surface area contributed by atoms with Gasteiger partial charge in [0, 0.05) is 11.4 Å². The van der Waals surface area contributed by atoms with Crippen LogP contribution in [0.2, 0.25) is 0 Å². The molecule has 0 atom stereocenters. The van der Waals surface area contributed by atoms with Gasteiger partial charge in [-0.15, -0.1) is 11.3 Å². The highest BCUT2D eigenvalue weighted by molar-refractivity contribution is 7.97. The normalized spacial score (nSPS) is 11.1. The molecule has 18 heavy (non-hydrogen) atoms. The third-order valence-electron chi connectivity index (χ3n) is 2.89. The van der Waals surface area contributed by atoms with E-state index >= 15 is 0 Å². The smallest absolute Gasteiger partial charge is 0.142 e. The first-order valence-corrected chi connectivity index (χ1v) is 8.37. The molecule has 0 radical (unpaired) electrons. The number of rotatable bonds is 5. The van der Waals surface area contributed by atoms with Crippen LogP contribution in [0.15, 0.2) is 0 Å². The number of thioether (sulfide) groups is 1. The number of aromatic nitrogens is 2. The van der Waals surface area contributed by atoms with Crippen molar-refractivity contribution in [3.05, 3.63) is 16.3 Å². The quantitative estimate of drug-likeness (QED) is 0.899. The fourth-order valence-electron chi connectivity index (χ4n) is 1.86. The molecular weight excluding hydrogens is 262 g/mol. The maximum absolute atomic E-state index is 4.67. The topological polar surface area (TPSA) is 37.8 Å². The molecular formula is C13H19N3S2. The number of hydrogen-bond acceptors (Lipinski definition) is 5. The van der Waals surface area contributed by atoms with Crippen molar-refractivity contribution < 1.29 is 0 Å². The van der Waals surface area contributed by atoms with E-state index in [0.29, 0.717) is 0 Å². The molecule has 0 saturated carbocycles. The summed E-state index contributed by atoms with van der Waals surface area (Å²) in [5.74, 6) is 2.80. The lowest BCUT2D eigenvalue weighted by Crippen LogP contribution is -2.05. The summed E-state index contributed by atoms with van der Waals surface area (Å²) in [4.78, 5) is 11.8. The Bertz CT molecular complexity index is 549. The van der Waals surface area contributed by atoms with Gasteiger partial charge < -0.3 is 5.32 Å². The summed E-state index contributed by atoms with van der Waals surface area (Å²) in [7, 11) is 0. The summed E-state index contributed by atoms with van der Waals surface area (Å²) in [6, 6.07) is 0. The molecule has 0 aromatic carbocycles. The molecule has 1 N–H and O–H groups in total. The van der Waals surface area contributed by atoms with Gasteiger partial charge in [0.25, 0.3) is 0 Å². The molecule has 0 aliphatic carbocycles. The van der Waals surface area contributed by atoms with E-state index in [9.17, 15) is 0 Å². The highest BCUT2D eigenvalue weighted by Gasteiger charge is 2.13. The van der Waals surface area contributed by atoms with E-state index in [0.717, 1.165) is 35.2 Å². The van der Waals surface area contributed by atoms with Crippen molar-refractivity contribution in [3.63, 3.8) is 0 Å². The van der Waals surface area contributed by atoms with Gasteiger partial charge in [0.05, 0.1) is 11.1 Å². The largest absolute Gasteiger partial charge is 0.369 e. The highest BCUT2D eigenvalue weighted by atomic mass is 32.2. The number of hydrogen-bond donors (Lipinski definition) is 1. The van der Waals surface area contributed by atoms with E-state index < -0.39 is 0 Å². The minimum absolute atomic E-state index is 0.868. The van der Waals surface area contributed by atoms with Crippen LogP contribution in [-0.4, -0.2) is 22.8 Å². The van der Waals surface area contributed by atoms with E-state index in [2.05, 4.69) is 42.3 Å². The molecule has 0 unspecified atom stereocenters. The first-order valence-electron chi connectivity index (χ1n) is 6.16. The Morgan fingerprint density at radius 2 is 2.06 bits per heavy atom. The van der Waals surface area contributed by atoms with Crippen molar-refractivity contribution in [1.29, 1.82) is 0 Å². The lowest BCUT2D eigenvalue weighted by Gasteiger charge is -2.08. The second kappa shape index (κ2) is 5.89. The molecule has 0 bridgehead atoms.